The molecule has 1 unspecified atom stereocenters. The van der Waals surface area contributed by atoms with Gasteiger partial charge < -0.3 is 5.32 Å². The van der Waals surface area contributed by atoms with Crippen molar-refractivity contribution in [3.8, 4) is 6.07 Å². The highest BCUT2D eigenvalue weighted by Gasteiger charge is 2.32. The molecule has 0 saturated heterocycles. The number of carbonyl (C=O) groups excluding carboxylic acids is 1. The number of hydrogen-bond donors (Lipinski definition) is 1. The minimum Gasteiger partial charge on any atom is -0.336 e. The van der Waals surface area contributed by atoms with Crippen LogP contribution in [0, 0.1) is 17.2 Å². The Kier molecular flexibility index (Phi) is 3.07. The van der Waals surface area contributed by atoms with Gasteiger partial charge in [-0.05, 0) is 24.8 Å². The molecule has 0 radical (unpaired) electrons. The molecule has 82 valence electrons. The molecule has 4 nitrogen and oxygen atoms in total. The van der Waals surface area contributed by atoms with Crippen molar-refractivity contribution in [3.05, 3.63) is 29.0 Å². The minimum atomic E-state index is -0.406. The summed E-state index contributed by atoms with van der Waals surface area (Å²) >= 11 is 5.83. The fraction of sp³-hybridized carbons (Fsp3) is 0.364. The first-order valence-electron chi connectivity index (χ1n) is 5.02. The molecule has 1 amide bonds. The van der Waals surface area contributed by atoms with Gasteiger partial charge in [0.05, 0.1) is 16.7 Å². The van der Waals surface area contributed by atoms with Gasteiger partial charge in [-0.15, -0.1) is 0 Å². The zero-order valence-corrected chi connectivity index (χ0v) is 9.24. The van der Waals surface area contributed by atoms with Crippen molar-refractivity contribution < 1.29 is 4.79 Å². The SMILES string of the molecule is N#CC(NC(=O)c1ccncc1Cl)C1CC1. The highest BCUT2D eigenvalue weighted by atomic mass is 35.5. The molecular weight excluding hydrogens is 226 g/mol. The predicted molar refractivity (Wildman–Crippen MR) is 58.8 cm³/mol. The number of amides is 1. The van der Waals surface area contributed by atoms with E-state index in [0.29, 0.717) is 16.5 Å². The predicted octanol–water partition coefficient (Wildman–Crippen LogP) is 1.77. The number of nitrogens with zero attached hydrogens (tertiary/aromatic N) is 2. The first-order valence-corrected chi connectivity index (χ1v) is 5.40. The second kappa shape index (κ2) is 4.50. The first kappa shape index (κ1) is 10.9. The molecule has 1 N–H and O–H groups in total. The van der Waals surface area contributed by atoms with Gasteiger partial charge in [0.25, 0.3) is 5.91 Å². The fourth-order valence-electron chi connectivity index (χ4n) is 1.46. The third kappa shape index (κ3) is 2.31. The van der Waals surface area contributed by atoms with Crippen LogP contribution < -0.4 is 5.32 Å². The van der Waals surface area contributed by atoms with Crippen LogP contribution in [0.4, 0.5) is 0 Å². The lowest BCUT2D eigenvalue weighted by molar-refractivity contribution is 0.0942. The molecule has 0 aliphatic heterocycles. The molecule has 2 rings (SSSR count). The highest BCUT2D eigenvalue weighted by molar-refractivity contribution is 6.33. The maximum absolute atomic E-state index is 11.8. The van der Waals surface area contributed by atoms with Gasteiger partial charge in [0.1, 0.15) is 6.04 Å². The number of hydrogen-bond acceptors (Lipinski definition) is 3. The summed E-state index contributed by atoms with van der Waals surface area (Å²) in [5.41, 5.74) is 0.359. The van der Waals surface area contributed by atoms with Crippen LogP contribution in [0.15, 0.2) is 18.5 Å². The number of carbonyl (C=O) groups is 1. The van der Waals surface area contributed by atoms with Gasteiger partial charge in [0.15, 0.2) is 0 Å². The van der Waals surface area contributed by atoms with Crippen LogP contribution in [0.2, 0.25) is 5.02 Å². The molecule has 0 spiro atoms. The summed E-state index contributed by atoms with van der Waals surface area (Å²) in [6, 6.07) is 3.23. The molecule has 16 heavy (non-hydrogen) atoms. The number of pyridine rings is 1. The van der Waals surface area contributed by atoms with Crippen LogP contribution >= 0.6 is 11.6 Å². The standard InChI is InChI=1S/C11H10ClN3O/c12-9-6-14-4-3-8(9)11(16)15-10(5-13)7-1-2-7/h3-4,6-7,10H,1-2H2,(H,15,16). The molecule has 1 atom stereocenters. The molecule has 1 saturated carbocycles. The summed E-state index contributed by atoms with van der Waals surface area (Å²) in [7, 11) is 0. The minimum absolute atomic E-state index is 0.299. The van der Waals surface area contributed by atoms with Crippen molar-refractivity contribution >= 4 is 17.5 Å². The van der Waals surface area contributed by atoms with Crippen molar-refractivity contribution in [1.82, 2.24) is 10.3 Å². The normalized spacial score (nSPS) is 16.2. The molecular formula is C11H10ClN3O. The third-order valence-corrected chi connectivity index (χ3v) is 2.84. The lowest BCUT2D eigenvalue weighted by Crippen LogP contribution is -2.35. The number of nitriles is 1. The second-order valence-electron chi connectivity index (χ2n) is 3.77. The lowest BCUT2D eigenvalue weighted by atomic mass is 10.2. The highest BCUT2D eigenvalue weighted by Crippen LogP contribution is 2.32. The molecule has 0 aromatic carbocycles. The van der Waals surface area contributed by atoms with Gasteiger partial charge in [0.2, 0.25) is 0 Å². The number of halogens is 1. The Morgan fingerprint density at radius 2 is 2.44 bits per heavy atom. The summed E-state index contributed by atoms with van der Waals surface area (Å²) in [5.74, 6) is -0.0135. The summed E-state index contributed by atoms with van der Waals surface area (Å²) in [4.78, 5) is 15.6. The van der Waals surface area contributed by atoms with Crippen molar-refractivity contribution in [2.24, 2.45) is 5.92 Å². The summed E-state index contributed by atoms with van der Waals surface area (Å²) in [5, 5.41) is 11.9. The van der Waals surface area contributed by atoms with Crippen molar-refractivity contribution in [3.63, 3.8) is 0 Å². The summed E-state index contributed by atoms with van der Waals surface area (Å²) in [6.07, 6.45) is 4.92. The van der Waals surface area contributed by atoms with Crippen LogP contribution in [0.25, 0.3) is 0 Å². The number of aromatic nitrogens is 1. The van der Waals surface area contributed by atoms with Gasteiger partial charge in [0, 0.05) is 12.4 Å². The van der Waals surface area contributed by atoms with Crippen LogP contribution in [0.3, 0.4) is 0 Å². The Bertz CT molecular complexity index is 451. The number of rotatable bonds is 3. The second-order valence-corrected chi connectivity index (χ2v) is 4.18. The molecule has 0 bridgehead atoms. The van der Waals surface area contributed by atoms with Crippen LogP contribution in [-0.4, -0.2) is 16.9 Å². The molecule has 1 aliphatic rings. The average Bonchev–Trinajstić information content (AvgIpc) is 3.10. The maximum atomic E-state index is 11.8. The van der Waals surface area contributed by atoms with Gasteiger partial charge in [-0.3, -0.25) is 9.78 Å². The van der Waals surface area contributed by atoms with E-state index in [9.17, 15) is 4.79 Å². The molecule has 1 aromatic heterocycles. The lowest BCUT2D eigenvalue weighted by Gasteiger charge is -2.10. The van der Waals surface area contributed by atoms with Gasteiger partial charge in [-0.25, -0.2) is 0 Å². The van der Waals surface area contributed by atoms with Crippen molar-refractivity contribution in [2.75, 3.05) is 0 Å². The fourth-order valence-corrected chi connectivity index (χ4v) is 1.67. The van der Waals surface area contributed by atoms with E-state index < -0.39 is 6.04 Å². The van der Waals surface area contributed by atoms with E-state index in [2.05, 4.69) is 16.4 Å². The number of nitrogens with one attached hydrogen (secondary N) is 1. The van der Waals surface area contributed by atoms with E-state index >= 15 is 0 Å². The summed E-state index contributed by atoms with van der Waals surface area (Å²) < 4.78 is 0. The zero-order chi connectivity index (χ0) is 11.5. The Hall–Kier alpha value is -1.60. The smallest absolute Gasteiger partial charge is 0.253 e. The Morgan fingerprint density at radius 3 is 3.00 bits per heavy atom. The van der Waals surface area contributed by atoms with E-state index in [0.717, 1.165) is 12.8 Å². The van der Waals surface area contributed by atoms with Crippen LogP contribution in [0.1, 0.15) is 23.2 Å². The zero-order valence-electron chi connectivity index (χ0n) is 8.48. The molecule has 1 aliphatic carbocycles. The van der Waals surface area contributed by atoms with Crippen LogP contribution in [-0.2, 0) is 0 Å². The van der Waals surface area contributed by atoms with E-state index in [1.165, 1.54) is 12.4 Å². The quantitative estimate of drug-likeness (QED) is 0.868. The third-order valence-electron chi connectivity index (χ3n) is 2.54. The average molecular weight is 236 g/mol. The van der Waals surface area contributed by atoms with Gasteiger partial charge in [-0.1, -0.05) is 11.6 Å². The van der Waals surface area contributed by atoms with Crippen LogP contribution in [0.5, 0.6) is 0 Å². The van der Waals surface area contributed by atoms with Crippen molar-refractivity contribution in [1.29, 1.82) is 5.26 Å². The largest absolute Gasteiger partial charge is 0.336 e. The van der Waals surface area contributed by atoms with Crippen molar-refractivity contribution in [2.45, 2.75) is 18.9 Å². The first-order chi connectivity index (χ1) is 7.72. The van der Waals surface area contributed by atoms with Gasteiger partial charge >= 0.3 is 0 Å². The molecule has 1 heterocycles. The van der Waals surface area contributed by atoms with E-state index in [1.807, 2.05) is 0 Å². The monoisotopic (exact) mass is 235 g/mol. The van der Waals surface area contributed by atoms with E-state index in [-0.39, 0.29) is 5.91 Å². The van der Waals surface area contributed by atoms with E-state index in [4.69, 9.17) is 16.9 Å². The topological polar surface area (TPSA) is 65.8 Å². The Morgan fingerprint density at radius 1 is 1.69 bits per heavy atom. The molecule has 1 aromatic rings. The van der Waals surface area contributed by atoms with E-state index in [1.54, 1.807) is 6.07 Å². The molecule has 1 fully saturated rings. The Labute approximate surface area is 98.2 Å². The Balaban J connectivity index is 2.08. The summed E-state index contributed by atoms with van der Waals surface area (Å²) in [6.45, 7) is 0. The maximum Gasteiger partial charge on any atom is 0.253 e. The molecule has 5 heteroatoms. The van der Waals surface area contributed by atoms with Gasteiger partial charge in [-0.2, -0.15) is 5.26 Å².